The van der Waals surface area contributed by atoms with Crippen LogP contribution in [0, 0.1) is 19.8 Å². The first-order chi connectivity index (χ1) is 13.0. The molecule has 1 aromatic carbocycles. The van der Waals surface area contributed by atoms with Gasteiger partial charge in [-0.1, -0.05) is 12.1 Å². The molecule has 7 nitrogen and oxygen atoms in total. The highest BCUT2D eigenvalue weighted by atomic mass is 16.5. The highest BCUT2D eigenvalue weighted by Gasteiger charge is 2.30. The van der Waals surface area contributed by atoms with Crippen LogP contribution in [0.25, 0.3) is 0 Å². The predicted molar refractivity (Wildman–Crippen MR) is 101 cm³/mol. The quantitative estimate of drug-likeness (QED) is 0.815. The molecule has 2 aromatic rings. The fraction of sp³-hybridized carbons (Fsp3) is 0.450. The standard InChI is InChI=1S/C20H26N4O3/c1-13-18(14(2)23-22-13)10-21-20(26)16-7-8-19(25)24(12-16)11-15-5-4-6-17(9-15)27-3/h4-6,9,16H,7-8,10-12H2,1-3H3,(H,21,26)(H,22,23)/t16-/m0/s1. The van der Waals surface area contributed by atoms with Crippen molar-refractivity contribution < 1.29 is 14.3 Å². The third-order valence-corrected chi connectivity index (χ3v) is 5.10. The van der Waals surface area contributed by atoms with Gasteiger partial charge in [0.15, 0.2) is 0 Å². The Labute approximate surface area is 159 Å². The fourth-order valence-corrected chi connectivity index (χ4v) is 3.43. The summed E-state index contributed by atoms with van der Waals surface area (Å²) in [5, 5.41) is 10.1. The number of hydrogen-bond acceptors (Lipinski definition) is 4. The number of amides is 2. The molecule has 0 saturated carbocycles. The lowest BCUT2D eigenvalue weighted by atomic mass is 9.96. The van der Waals surface area contributed by atoms with Gasteiger partial charge in [-0.15, -0.1) is 0 Å². The van der Waals surface area contributed by atoms with E-state index in [4.69, 9.17) is 4.74 Å². The Morgan fingerprint density at radius 3 is 2.93 bits per heavy atom. The summed E-state index contributed by atoms with van der Waals surface area (Å²) >= 11 is 0. The number of carbonyl (C=O) groups excluding carboxylic acids is 2. The largest absolute Gasteiger partial charge is 0.497 e. The number of aromatic amines is 1. The van der Waals surface area contributed by atoms with Gasteiger partial charge in [0.1, 0.15) is 5.75 Å². The Balaban J connectivity index is 1.60. The maximum atomic E-state index is 12.6. The van der Waals surface area contributed by atoms with Gasteiger partial charge in [0.25, 0.3) is 0 Å². The third kappa shape index (κ3) is 4.48. The average molecular weight is 370 g/mol. The molecule has 2 amide bonds. The molecule has 0 spiro atoms. The number of aromatic nitrogens is 2. The molecule has 1 aliphatic rings. The summed E-state index contributed by atoms with van der Waals surface area (Å²) in [4.78, 5) is 26.7. The van der Waals surface area contributed by atoms with Crippen LogP contribution in [0.4, 0.5) is 0 Å². The maximum Gasteiger partial charge on any atom is 0.225 e. The number of methoxy groups -OCH3 is 1. The number of carbonyl (C=O) groups is 2. The third-order valence-electron chi connectivity index (χ3n) is 5.10. The van der Waals surface area contributed by atoms with E-state index in [0.29, 0.717) is 32.5 Å². The van der Waals surface area contributed by atoms with E-state index >= 15 is 0 Å². The van der Waals surface area contributed by atoms with E-state index < -0.39 is 0 Å². The van der Waals surface area contributed by atoms with Gasteiger partial charge in [-0.05, 0) is 38.0 Å². The Kier molecular flexibility index (Phi) is 5.78. The first-order valence-electron chi connectivity index (χ1n) is 9.16. The monoisotopic (exact) mass is 370 g/mol. The Bertz CT molecular complexity index is 811. The van der Waals surface area contributed by atoms with Crippen LogP contribution in [0.5, 0.6) is 5.75 Å². The van der Waals surface area contributed by atoms with E-state index in [1.165, 1.54) is 0 Å². The van der Waals surface area contributed by atoms with Gasteiger partial charge >= 0.3 is 0 Å². The van der Waals surface area contributed by atoms with E-state index in [1.54, 1.807) is 12.0 Å². The van der Waals surface area contributed by atoms with Crippen molar-refractivity contribution in [2.24, 2.45) is 5.92 Å². The number of rotatable bonds is 6. The molecule has 144 valence electrons. The minimum Gasteiger partial charge on any atom is -0.497 e. The van der Waals surface area contributed by atoms with Crippen molar-refractivity contribution >= 4 is 11.8 Å². The number of H-pyrrole nitrogens is 1. The Morgan fingerprint density at radius 2 is 2.22 bits per heavy atom. The zero-order chi connectivity index (χ0) is 19.4. The zero-order valence-corrected chi connectivity index (χ0v) is 16.0. The van der Waals surface area contributed by atoms with Gasteiger partial charge < -0.3 is 15.0 Å². The van der Waals surface area contributed by atoms with Crippen molar-refractivity contribution in [2.45, 2.75) is 39.8 Å². The number of hydrogen-bond donors (Lipinski definition) is 2. The summed E-state index contributed by atoms with van der Waals surface area (Å²) in [6, 6.07) is 7.66. The number of nitrogens with zero attached hydrogens (tertiary/aromatic N) is 2. The van der Waals surface area contributed by atoms with E-state index in [9.17, 15) is 9.59 Å². The van der Waals surface area contributed by atoms with Crippen LogP contribution in [0.2, 0.25) is 0 Å². The van der Waals surface area contributed by atoms with Crippen molar-refractivity contribution in [3.63, 3.8) is 0 Å². The number of piperidine rings is 1. The number of nitrogens with one attached hydrogen (secondary N) is 2. The van der Waals surface area contributed by atoms with E-state index in [1.807, 2.05) is 38.1 Å². The van der Waals surface area contributed by atoms with Crippen molar-refractivity contribution in [1.29, 1.82) is 0 Å². The lowest BCUT2D eigenvalue weighted by molar-refractivity contribution is -0.139. The van der Waals surface area contributed by atoms with Crippen molar-refractivity contribution in [1.82, 2.24) is 20.4 Å². The van der Waals surface area contributed by atoms with Crippen LogP contribution < -0.4 is 10.1 Å². The van der Waals surface area contributed by atoms with Gasteiger partial charge in [0.2, 0.25) is 11.8 Å². The average Bonchev–Trinajstić information content (AvgIpc) is 2.99. The first-order valence-corrected chi connectivity index (χ1v) is 9.16. The number of ether oxygens (including phenoxy) is 1. The second kappa shape index (κ2) is 8.24. The van der Waals surface area contributed by atoms with Crippen molar-refractivity contribution in [3.8, 4) is 5.75 Å². The van der Waals surface area contributed by atoms with Crippen molar-refractivity contribution in [2.75, 3.05) is 13.7 Å². The van der Waals surface area contributed by atoms with Crippen LogP contribution in [-0.2, 0) is 22.7 Å². The molecule has 0 unspecified atom stereocenters. The van der Waals surface area contributed by atoms with Gasteiger partial charge in [0, 0.05) is 37.3 Å². The highest BCUT2D eigenvalue weighted by molar-refractivity contribution is 5.83. The molecule has 1 aromatic heterocycles. The first kappa shape index (κ1) is 18.9. The molecule has 1 saturated heterocycles. The molecule has 27 heavy (non-hydrogen) atoms. The topological polar surface area (TPSA) is 87.3 Å². The van der Waals surface area contributed by atoms with Crippen LogP contribution in [0.15, 0.2) is 24.3 Å². The number of likely N-dealkylation sites (tertiary alicyclic amines) is 1. The molecule has 3 rings (SSSR count). The maximum absolute atomic E-state index is 12.6. The lowest BCUT2D eigenvalue weighted by Crippen LogP contribution is -2.45. The van der Waals surface area contributed by atoms with Crippen LogP contribution >= 0.6 is 0 Å². The Morgan fingerprint density at radius 1 is 1.41 bits per heavy atom. The molecule has 2 N–H and O–H groups in total. The molecular formula is C20H26N4O3. The second-order valence-electron chi connectivity index (χ2n) is 6.99. The molecule has 0 bridgehead atoms. The fourth-order valence-electron chi connectivity index (χ4n) is 3.43. The molecule has 1 fully saturated rings. The number of aryl methyl sites for hydroxylation is 2. The molecule has 1 atom stereocenters. The molecular weight excluding hydrogens is 344 g/mol. The second-order valence-corrected chi connectivity index (χ2v) is 6.99. The van der Waals surface area contributed by atoms with Gasteiger partial charge in [-0.25, -0.2) is 0 Å². The van der Waals surface area contributed by atoms with Crippen molar-refractivity contribution in [3.05, 3.63) is 46.8 Å². The summed E-state index contributed by atoms with van der Waals surface area (Å²) in [6.45, 7) is 5.23. The highest BCUT2D eigenvalue weighted by Crippen LogP contribution is 2.22. The van der Waals surface area contributed by atoms with Crippen LogP contribution in [-0.4, -0.2) is 40.6 Å². The van der Waals surface area contributed by atoms with Gasteiger partial charge in [-0.2, -0.15) is 5.10 Å². The molecule has 7 heteroatoms. The summed E-state index contributed by atoms with van der Waals surface area (Å²) in [7, 11) is 1.62. The zero-order valence-electron chi connectivity index (χ0n) is 16.0. The van der Waals surface area contributed by atoms with E-state index in [2.05, 4.69) is 15.5 Å². The smallest absolute Gasteiger partial charge is 0.225 e. The summed E-state index contributed by atoms with van der Waals surface area (Å²) in [6.07, 6.45) is 0.981. The summed E-state index contributed by atoms with van der Waals surface area (Å²) < 4.78 is 5.24. The SMILES string of the molecule is COc1cccc(CN2C[C@@H](C(=O)NCc3c(C)n[nH]c3C)CCC2=O)c1. The summed E-state index contributed by atoms with van der Waals surface area (Å²) in [5.41, 5.74) is 3.87. The minimum absolute atomic E-state index is 0.0156. The molecule has 0 aliphatic carbocycles. The van der Waals surface area contributed by atoms with E-state index in [-0.39, 0.29) is 17.7 Å². The van der Waals surface area contributed by atoms with E-state index in [0.717, 1.165) is 28.3 Å². The molecule has 1 aliphatic heterocycles. The summed E-state index contributed by atoms with van der Waals surface area (Å²) in [5.74, 6) is 0.638. The minimum atomic E-state index is -0.194. The molecule has 0 radical (unpaired) electrons. The lowest BCUT2D eigenvalue weighted by Gasteiger charge is -2.32. The van der Waals surface area contributed by atoms with Gasteiger partial charge in [-0.3, -0.25) is 14.7 Å². The Hall–Kier alpha value is -2.83. The van der Waals surface area contributed by atoms with Crippen LogP contribution in [0.1, 0.15) is 35.4 Å². The number of benzene rings is 1. The van der Waals surface area contributed by atoms with Crippen LogP contribution in [0.3, 0.4) is 0 Å². The molecule has 2 heterocycles. The normalized spacial score (nSPS) is 17.1. The van der Waals surface area contributed by atoms with Gasteiger partial charge in [0.05, 0.1) is 18.7 Å². The predicted octanol–water partition coefficient (Wildman–Crippen LogP) is 2.09.